The maximum absolute atomic E-state index is 13.5. The number of rotatable bonds is 7. The van der Waals surface area contributed by atoms with E-state index >= 15 is 0 Å². The molecule has 42 heavy (non-hydrogen) atoms. The van der Waals surface area contributed by atoms with E-state index in [9.17, 15) is 29.0 Å². The van der Waals surface area contributed by atoms with Crippen molar-refractivity contribution in [2.24, 2.45) is 0 Å². The van der Waals surface area contributed by atoms with Gasteiger partial charge in [-0.25, -0.2) is 14.0 Å². The molecule has 0 saturated carbocycles. The van der Waals surface area contributed by atoms with Gasteiger partial charge in [-0.1, -0.05) is 12.1 Å². The molecule has 212 valence electrons. The largest absolute Gasteiger partial charge is 0.508 e. The molecule has 0 aliphatic carbocycles. The molecule has 9 nitrogen and oxygen atoms in total. The second-order valence-electron chi connectivity index (χ2n) is 10.3. The zero-order valence-electron chi connectivity index (χ0n) is 22.6. The van der Waals surface area contributed by atoms with Gasteiger partial charge in [-0.05, 0) is 66.9 Å². The number of amides is 1. The Morgan fingerprint density at radius 1 is 1.00 bits per heavy atom. The average Bonchev–Trinajstić information content (AvgIpc) is 3.56. The number of H-pyrrole nitrogens is 1. The number of phenolic OH excluding ortho intramolecular Hbond substituents is 1. The number of benzene rings is 3. The molecule has 1 amide bonds. The van der Waals surface area contributed by atoms with E-state index < -0.39 is 30.0 Å². The third kappa shape index (κ3) is 4.66. The van der Waals surface area contributed by atoms with Gasteiger partial charge in [0.2, 0.25) is 5.91 Å². The van der Waals surface area contributed by atoms with Crippen LogP contribution < -0.4 is 10.9 Å². The minimum atomic E-state index is -1.28. The van der Waals surface area contributed by atoms with Crippen LogP contribution in [0.3, 0.4) is 0 Å². The van der Waals surface area contributed by atoms with E-state index in [1.165, 1.54) is 24.3 Å². The summed E-state index contributed by atoms with van der Waals surface area (Å²) < 4.78 is 25.0. The number of aromatic hydroxyl groups is 1. The standard InChI is InChI=1S/C32H25FN2O7/c1-15-21-11-24-25(17-3-5-19(33)6-4-17)14-41-29(24)16(2)30(21)42-32(40)22(15)12-28(37)35-27(31(38)39)9-18-13-34-26-8-7-20(36)10-23(18)26/h3-8,10-11,13-14,27,34,36H,9,12H2,1-2H3,(H,35,37)(H,38,39)/t27-/m1/s1. The number of fused-ring (bicyclic) bond motifs is 3. The second-order valence-corrected chi connectivity index (χ2v) is 10.3. The lowest BCUT2D eigenvalue weighted by Crippen LogP contribution is -2.43. The molecule has 0 radical (unpaired) electrons. The molecule has 0 spiro atoms. The number of furan rings is 1. The Morgan fingerprint density at radius 2 is 1.76 bits per heavy atom. The summed E-state index contributed by atoms with van der Waals surface area (Å²) in [5, 5.41) is 24.2. The summed E-state index contributed by atoms with van der Waals surface area (Å²) in [6.07, 6.45) is 2.76. The predicted octanol–water partition coefficient (Wildman–Crippen LogP) is 5.50. The van der Waals surface area contributed by atoms with Crippen LogP contribution in [0.15, 0.2) is 74.6 Å². The lowest BCUT2D eigenvalue weighted by molar-refractivity contribution is -0.141. The van der Waals surface area contributed by atoms with Crippen LogP contribution in [-0.2, 0) is 22.4 Å². The molecule has 6 aromatic rings. The van der Waals surface area contributed by atoms with Gasteiger partial charge < -0.3 is 29.3 Å². The summed E-state index contributed by atoms with van der Waals surface area (Å²) in [7, 11) is 0. The Labute approximate surface area is 237 Å². The van der Waals surface area contributed by atoms with Gasteiger partial charge in [0.1, 0.15) is 28.8 Å². The number of carbonyl (C=O) groups is 2. The van der Waals surface area contributed by atoms with Crippen LogP contribution in [0.1, 0.15) is 22.3 Å². The lowest BCUT2D eigenvalue weighted by Gasteiger charge is -2.15. The van der Waals surface area contributed by atoms with Gasteiger partial charge >= 0.3 is 11.6 Å². The van der Waals surface area contributed by atoms with Crippen molar-refractivity contribution in [3.8, 4) is 16.9 Å². The Balaban J connectivity index is 1.32. The van der Waals surface area contributed by atoms with Crippen molar-refractivity contribution in [3.63, 3.8) is 0 Å². The molecule has 1 atom stereocenters. The maximum Gasteiger partial charge on any atom is 0.340 e. The number of nitrogens with one attached hydrogen (secondary N) is 2. The highest BCUT2D eigenvalue weighted by molar-refractivity contribution is 6.05. The number of carboxylic acids is 1. The number of aryl methyl sites for hydroxylation is 2. The number of halogens is 1. The summed E-state index contributed by atoms with van der Waals surface area (Å²) in [5.41, 5.74) is 4.15. The highest BCUT2D eigenvalue weighted by Gasteiger charge is 2.25. The highest BCUT2D eigenvalue weighted by Crippen LogP contribution is 2.37. The first-order valence-electron chi connectivity index (χ1n) is 13.1. The molecule has 10 heteroatoms. The van der Waals surface area contributed by atoms with Crippen molar-refractivity contribution in [1.82, 2.24) is 10.3 Å². The quantitative estimate of drug-likeness (QED) is 0.186. The lowest BCUT2D eigenvalue weighted by atomic mass is 9.97. The van der Waals surface area contributed by atoms with Gasteiger partial charge in [-0.2, -0.15) is 0 Å². The minimum Gasteiger partial charge on any atom is -0.508 e. The van der Waals surface area contributed by atoms with Gasteiger partial charge in [0.05, 0.1) is 18.2 Å². The summed E-state index contributed by atoms with van der Waals surface area (Å²) in [6.45, 7) is 3.47. The molecule has 0 aliphatic heterocycles. The average molecular weight is 569 g/mol. The number of carboxylic acid groups (broad SMARTS) is 1. The van der Waals surface area contributed by atoms with Crippen LogP contribution >= 0.6 is 0 Å². The van der Waals surface area contributed by atoms with Crippen molar-refractivity contribution in [1.29, 1.82) is 0 Å². The van der Waals surface area contributed by atoms with E-state index in [1.807, 2.05) is 6.07 Å². The fraction of sp³-hybridized carbons (Fsp3) is 0.156. The molecule has 0 aliphatic rings. The zero-order chi connectivity index (χ0) is 29.7. The SMILES string of the molecule is Cc1c(CC(=O)N[C@H](Cc2c[nH]c3ccc(O)cc23)C(=O)O)c(=O)oc2c(C)c3occ(-c4ccc(F)cc4)c3cc12. The second kappa shape index (κ2) is 10.2. The van der Waals surface area contributed by atoms with Crippen molar-refractivity contribution >= 4 is 44.7 Å². The number of aromatic amines is 1. The van der Waals surface area contributed by atoms with Crippen LogP contribution in [0, 0.1) is 19.7 Å². The van der Waals surface area contributed by atoms with Crippen LogP contribution in [-0.4, -0.2) is 33.1 Å². The van der Waals surface area contributed by atoms with Crippen LogP contribution in [0.4, 0.5) is 4.39 Å². The van der Waals surface area contributed by atoms with E-state index in [0.717, 1.165) is 16.5 Å². The van der Waals surface area contributed by atoms with E-state index in [-0.39, 0.29) is 23.6 Å². The van der Waals surface area contributed by atoms with E-state index in [1.54, 1.807) is 44.5 Å². The molecule has 3 heterocycles. The number of aromatic nitrogens is 1. The molecule has 3 aromatic heterocycles. The smallest absolute Gasteiger partial charge is 0.340 e. The number of aliphatic carboxylic acids is 1. The first-order chi connectivity index (χ1) is 20.1. The minimum absolute atomic E-state index is 0.0329. The maximum atomic E-state index is 13.5. The van der Waals surface area contributed by atoms with Gasteiger partial charge in [-0.3, -0.25) is 4.79 Å². The molecule has 0 fully saturated rings. The first-order valence-corrected chi connectivity index (χ1v) is 13.1. The van der Waals surface area contributed by atoms with Crippen LogP contribution in [0.5, 0.6) is 5.75 Å². The van der Waals surface area contributed by atoms with Crippen molar-refractivity contribution in [3.05, 3.63) is 99.5 Å². The number of phenols is 1. The Morgan fingerprint density at radius 3 is 2.50 bits per heavy atom. The fourth-order valence-corrected chi connectivity index (χ4v) is 5.41. The van der Waals surface area contributed by atoms with Crippen molar-refractivity contribution in [2.45, 2.75) is 32.7 Å². The predicted molar refractivity (Wildman–Crippen MR) is 154 cm³/mol. The zero-order valence-corrected chi connectivity index (χ0v) is 22.6. The van der Waals surface area contributed by atoms with Crippen molar-refractivity contribution in [2.75, 3.05) is 0 Å². The molecule has 0 unspecified atom stereocenters. The third-order valence-electron chi connectivity index (χ3n) is 7.64. The molecule has 0 saturated heterocycles. The Bertz CT molecular complexity index is 2090. The fourth-order valence-electron chi connectivity index (χ4n) is 5.41. The Kier molecular flexibility index (Phi) is 6.53. The number of hydrogen-bond acceptors (Lipinski definition) is 6. The van der Waals surface area contributed by atoms with Gasteiger partial charge in [0, 0.05) is 45.4 Å². The molecule has 4 N–H and O–H groups in total. The molecule has 0 bridgehead atoms. The van der Waals surface area contributed by atoms with Gasteiger partial charge in [0.15, 0.2) is 0 Å². The van der Waals surface area contributed by atoms with Gasteiger partial charge in [-0.15, -0.1) is 0 Å². The summed E-state index contributed by atoms with van der Waals surface area (Å²) >= 11 is 0. The number of hydrogen-bond donors (Lipinski definition) is 4. The molecule has 3 aromatic carbocycles. The normalized spacial score (nSPS) is 12.3. The summed E-state index contributed by atoms with van der Waals surface area (Å²) in [5.74, 6) is -2.23. The third-order valence-corrected chi connectivity index (χ3v) is 7.64. The van der Waals surface area contributed by atoms with E-state index in [4.69, 9.17) is 8.83 Å². The van der Waals surface area contributed by atoms with Gasteiger partial charge in [0.25, 0.3) is 0 Å². The molecule has 6 rings (SSSR count). The monoisotopic (exact) mass is 568 g/mol. The first kappa shape index (κ1) is 26.8. The van der Waals surface area contributed by atoms with E-state index in [2.05, 4.69) is 10.3 Å². The topological polar surface area (TPSA) is 146 Å². The van der Waals surface area contributed by atoms with Crippen molar-refractivity contribution < 1.29 is 33.0 Å². The summed E-state index contributed by atoms with van der Waals surface area (Å²) in [6, 6.07) is 11.2. The van der Waals surface area contributed by atoms with E-state index in [0.29, 0.717) is 44.1 Å². The van der Waals surface area contributed by atoms with Crippen LogP contribution in [0.25, 0.3) is 44.0 Å². The molecular weight excluding hydrogens is 543 g/mol. The molecular formula is C32H25FN2O7. The Hall–Kier alpha value is -5.38. The number of carbonyl (C=O) groups excluding carboxylic acids is 1. The highest BCUT2D eigenvalue weighted by atomic mass is 19.1. The summed E-state index contributed by atoms with van der Waals surface area (Å²) in [4.78, 5) is 41.2. The van der Waals surface area contributed by atoms with Crippen LogP contribution in [0.2, 0.25) is 0 Å².